The molecule has 1 saturated carbocycles. The van der Waals surface area contributed by atoms with Gasteiger partial charge in [0.1, 0.15) is 6.33 Å². The van der Waals surface area contributed by atoms with E-state index >= 15 is 0 Å². The van der Waals surface area contributed by atoms with Crippen LogP contribution in [0.25, 0.3) is 11.4 Å². The number of para-hydroxylation sites is 1. The van der Waals surface area contributed by atoms with E-state index in [9.17, 15) is 14.7 Å². The van der Waals surface area contributed by atoms with E-state index in [0.29, 0.717) is 22.8 Å². The van der Waals surface area contributed by atoms with Crippen molar-refractivity contribution in [2.45, 2.75) is 12.8 Å². The van der Waals surface area contributed by atoms with Gasteiger partial charge in [-0.15, -0.1) is 5.10 Å². The van der Waals surface area contributed by atoms with Crippen LogP contribution in [0.4, 0.5) is 17.1 Å². The Hall–Kier alpha value is -4.02. The second-order valence-corrected chi connectivity index (χ2v) is 6.80. The van der Waals surface area contributed by atoms with Gasteiger partial charge in [-0.25, -0.2) is 9.78 Å². The Kier molecular flexibility index (Phi) is 5.00. The summed E-state index contributed by atoms with van der Waals surface area (Å²) in [5.41, 5.74) is 1.08. The topological polar surface area (TPSA) is 144 Å². The van der Waals surface area contributed by atoms with Gasteiger partial charge in [0, 0.05) is 13.0 Å². The van der Waals surface area contributed by atoms with Gasteiger partial charge in [-0.3, -0.25) is 9.48 Å². The summed E-state index contributed by atoms with van der Waals surface area (Å²) in [6.07, 6.45) is 4.50. The van der Waals surface area contributed by atoms with Gasteiger partial charge in [-0.1, -0.05) is 6.07 Å². The van der Waals surface area contributed by atoms with Crippen molar-refractivity contribution in [3.8, 4) is 17.1 Å². The van der Waals surface area contributed by atoms with Crippen LogP contribution in [0.1, 0.15) is 23.3 Å². The van der Waals surface area contributed by atoms with Crippen LogP contribution in [0.15, 0.2) is 30.7 Å². The van der Waals surface area contributed by atoms with E-state index in [-0.39, 0.29) is 28.9 Å². The standard InChI is InChI=1S/C19H19N7O4/c1-26-9-20-17(25-26)11-4-3-5-12(16(11)30-2)22-14-13(23-18(27)10-6-7-10)8-21-24-15(14)19(28)29/h3-5,8-10H,6-7H2,1-2H3,(H,21,22)(H,28,29)(H,23,24,27). The molecule has 154 valence electrons. The highest BCUT2D eigenvalue weighted by atomic mass is 16.5. The molecule has 4 rings (SSSR count). The number of ether oxygens (including phenoxy) is 1. The summed E-state index contributed by atoms with van der Waals surface area (Å²) in [6, 6.07) is 5.26. The molecule has 1 aromatic carbocycles. The lowest BCUT2D eigenvalue weighted by molar-refractivity contribution is -0.117. The minimum absolute atomic E-state index is 0.0626. The van der Waals surface area contributed by atoms with Crippen LogP contribution in [0.5, 0.6) is 5.75 Å². The van der Waals surface area contributed by atoms with Gasteiger partial charge < -0.3 is 20.5 Å². The molecule has 11 nitrogen and oxygen atoms in total. The van der Waals surface area contributed by atoms with Crippen LogP contribution in [0.2, 0.25) is 0 Å². The third kappa shape index (κ3) is 3.77. The van der Waals surface area contributed by atoms with Crippen molar-refractivity contribution in [3.05, 3.63) is 36.4 Å². The summed E-state index contributed by atoms with van der Waals surface area (Å²) >= 11 is 0. The zero-order chi connectivity index (χ0) is 21.3. The molecule has 1 aliphatic carbocycles. The number of hydrogen-bond donors (Lipinski definition) is 3. The zero-order valence-electron chi connectivity index (χ0n) is 16.3. The first-order valence-corrected chi connectivity index (χ1v) is 9.17. The summed E-state index contributed by atoms with van der Waals surface area (Å²) in [5, 5.41) is 27.1. The molecule has 2 aromatic heterocycles. The molecule has 0 radical (unpaired) electrons. The Balaban J connectivity index is 1.76. The highest BCUT2D eigenvalue weighted by Crippen LogP contribution is 2.39. The average molecular weight is 409 g/mol. The first kappa shape index (κ1) is 19.3. The van der Waals surface area contributed by atoms with Crippen LogP contribution in [0.3, 0.4) is 0 Å². The summed E-state index contributed by atoms with van der Waals surface area (Å²) in [7, 11) is 3.24. The lowest BCUT2D eigenvalue weighted by Crippen LogP contribution is -2.17. The molecule has 0 unspecified atom stereocenters. The molecule has 0 aliphatic heterocycles. The first-order chi connectivity index (χ1) is 14.5. The number of carbonyl (C=O) groups is 2. The smallest absolute Gasteiger partial charge is 0.358 e. The minimum Gasteiger partial charge on any atom is -0.494 e. The number of nitrogens with zero attached hydrogens (tertiary/aromatic N) is 5. The zero-order valence-corrected chi connectivity index (χ0v) is 16.3. The second kappa shape index (κ2) is 7.78. The molecule has 3 aromatic rings. The molecular formula is C19H19N7O4. The maximum atomic E-state index is 12.2. The SMILES string of the molecule is COc1c(Nc2c(NC(=O)C3CC3)cnnc2C(=O)O)cccc1-c1ncn(C)n1. The number of carbonyl (C=O) groups excluding carboxylic acids is 1. The van der Waals surface area contributed by atoms with Gasteiger partial charge in [-0.2, -0.15) is 10.2 Å². The van der Waals surface area contributed by atoms with E-state index in [4.69, 9.17) is 4.74 Å². The summed E-state index contributed by atoms with van der Waals surface area (Å²) < 4.78 is 7.12. The fraction of sp³-hybridized carbons (Fsp3) is 0.263. The molecular weight excluding hydrogens is 390 g/mol. The predicted molar refractivity (Wildman–Crippen MR) is 107 cm³/mol. The van der Waals surface area contributed by atoms with Crippen LogP contribution < -0.4 is 15.4 Å². The molecule has 11 heteroatoms. The third-order valence-electron chi connectivity index (χ3n) is 4.58. The van der Waals surface area contributed by atoms with Crippen molar-refractivity contribution in [2.24, 2.45) is 13.0 Å². The number of carboxylic acid groups (broad SMARTS) is 1. The van der Waals surface area contributed by atoms with E-state index in [1.807, 2.05) is 0 Å². The Labute approximate surface area is 171 Å². The number of hydrogen-bond acceptors (Lipinski definition) is 8. The van der Waals surface area contributed by atoms with Crippen LogP contribution >= 0.6 is 0 Å². The van der Waals surface area contributed by atoms with E-state index < -0.39 is 5.97 Å². The Morgan fingerprint density at radius 1 is 1.27 bits per heavy atom. The number of amides is 1. The fourth-order valence-corrected chi connectivity index (χ4v) is 2.97. The number of carboxylic acids is 1. The Bertz CT molecular complexity index is 1120. The quantitative estimate of drug-likeness (QED) is 0.534. The van der Waals surface area contributed by atoms with E-state index in [1.165, 1.54) is 13.3 Å². The highest BCUT2D eigenvalue weighted by Gasteiger charge is 2.31. The first-order valence-electron chi connectivity index (χ1n) is 9.17. The van der Waals surface area contributed by atoms with Gasteiger partial charge in [0.2, 0.25) is 5.91 Å². The largest absolute Gasteiger partial charge is 0.494 e. The molecule has 0 spiro atoms. The van der Waals surface area contributed by atoms with Crippen LogP contribution in [0, 0.1) is 5.92 Å². The van der Waals surface area contributed by atoms with Crippen molar-refractivity contribution >= 4 is 28.9 Å². The van der Waals surface area contributed by atoms with Crippen molar-refractivity contribution in [1.82, 2.24) is 25.0 Å². The predicted octanol–water partition coefficient (Wildman–Crippen LogP) is 2.07. The number of aromatic carboxylic acids is 1. The Morgan fingerprint density at radius 3 is 2.70 bits per heavy atom. The molecule has 0 bridgehead atoms. The molecule has 30 heavy (non-hydrogen) atoms. The lowest BCUT2D eigenvalue weighted by atomic mass is 10.1. The van der Waals surface area contributed by atoms with Crippen molar-refractivity contribution < 1.29 is 19.4 Å². The van der Waals surface area contributed by atoms with Crippen molar-refractivity contribution in [2.75, 3.05) is 17.7 Å². The van der Waals surface area contributed by atoms with E-state index in [0.717, 1.165) is 12.8 Å². The number of benzene rings is 1. The van der Waals surface area contributed by atoms with Crippen LogP contribution in [-0.2, 0) is 11.8 Å². The molecule has 1 aliphatic rings. The average Bonchev–Trinajstić information content (AvgIpc) is 3.50. The fourth-order valence-electron chi connectivity index (χ4n) is 2.97. The molecule has 2 heterocycles. The number of aryl methyl sites for hydroxylation is 1. The summed E-state index contributed by atoms with van der Waals surface area (Å²) in [5.74, 6) is -0.662. The van der Waals surface area contributed by atoms with Gasteiger partial charge in [0.15, 0.2) is 17.3 Å². The van der Waals surface area contributed by atoms with Gasteiger partial charge >= 0.3 is 5.97 Å². The van der Waals surface area contributed by atoms with Crippen molar-refractivity contribution in [1.29, 1.82) is 0 Å². The molecule has 0 atom stereocenters. The number of nitrogens with one attached hydrogen (secondary N) is 2. The number of rotatable bonds is 7. The monoisotopic (exact) mass is 409 g/mol. The van der Waals surface area contributed by atoms with Gasteiger partial charge in [0.25, 0.3) is 0 Å². The number of anilines is 3. The third-order valence-corrected chi connectivity index (χ3v) is 4.58. The van der Waals surface area contributed by atoms with Crippen LogP contribution in [-0.4, -0.2) is 49.1 Å². The molecule has 0 saturated heterocycles. The Morgan fingerprint density at radius 2 is 2.07 bits per heavy atom. The number of methoxy groups -OCH3 is 1. The maximum Gasteiger partial charge on any atom is 0.358 e. The van der Waals surface area contributed by atoms with E-state index in [2.05, 4.69) is 30.9 Å². The molecule has 1 amide bonds. The minimum atomic E-state index is -1.28. The lowest BCUT2D eigenvalue weighted by Gasteiger charge is -2.17. The summed E-state index contributed by atoms with van der Waals surface area (Å²) in [4.78, 5) is 28.2. The normalized spacial score (nSPS) is 13.0. The van der Waals surface area contributed by atoms with Crippen molar-refractivity contribution in [3.63, 3.8) is 0 Å². The summed E-state index contributed by atoms with van der Waals surface area (Å²) in [6.45, 7) is 0. The van der Waals surface area contributed by atoms with E-state index in [1.54, 1.807) is 36.3 Å². The number of aromatic nitrogens is 5. The maximum absolute atomic E-state index is 12.2. The van der Waals surface area contributed by atoms with Gasteiger partial charge in [-0.05, 0) is 25.0 Å². The molecule has 3 N–H and O–H groups in total. The highest BCUT2D eigenvalue weighted by molar-refractivity contribution is 6.02. The molecule has 1 fully saturated rings. The van der Waals surface area contributed by atoms with Gasteiger partial charge in [0.05, 0.1) is 35.9 Å². The second-order valence-electron chi connectivity index (χ2n) is 6.80.